The van der Waals surface area contributed by atoms with Gasteiger partial charge in [0.25, 0.3) is 0 Å². The second-order valence-corrected chi connectivity index (χ2v) is 18.6. The van der Waals surface area contributed by atoms with E-state index >= 15 is 0 Å². The Morgan fingerprint density at radius 1 is 0.493 bits per heavy atom. The van der Waals surface area contributed by atoms with E-state index in [2.05, 4.69) is 158 Å². The van der Waals surface area contributed by atoms with Crippen LogP contribution in [0.1, 0.15) is 55.0 Å². The van der Waals surface area contributed by atoms with Crippen LogP contribution >= 0.6 is 0 Å². The summed E-state index contributed by atoms with van der Waals surface area (Å²) in [6.45, 7) is 7.04. The second-order valence-electron chi connectivity index (χ2n) is 18.6. The smallest absolute Gasteiger partial charge is 0.159 e. The third-order valence-electron chi connectivity index (χ3n) is 14.5. The quantitative estimate of drug-likeness (QED) is 0.149. The lowest BCUT2D eigenvalue weighted by molar-refractivity contribution is 0.475. The zero-order chi connectivity index (χ0) is 45.1. The summed E-state index contributed by atoms with van der Waals surface area (Å²) in [5.41, 5.74) is 14.1. The van der Waals surface area contributed by atoms with Crippen LogP contribution in [0.15, 0.2) is 173 Å². The van der Waals surface area contributed by atoms with Crippen LogP contribution in [0.5, 0.6) is 0 Å². The molecule has 10 aromatic carbocycles. The van der Waals surface area contributed by atoms with E-state index in [1.54, 1.807) is 0 Å². The average molecular weight is 863 g/mol. The van der Waals surface area contributed by atoms with Gasteiger partial charge in [-0.25, -0.2) is 0 Å². The minimum atomic E-state index is -0.118. The predicted octanol–water partition coefficient (Wildman–Crippen LogP) is 16.9. The van der Waals surface area contributed by atoms with Gasteiger partial charge in [0.05, 0.1) is 46.0 Å². The molecule has 2 heterocycles. The molecule has 0 saturated carbocycles. The second kappa shape index (κ2) is 14.5. The van der Waals surface area contributed by atoms with Crippen molar-refractivity contribution >= 4 is 110 Å². The van der Waals surface area contributed by atoms with E-state index in [1.165, 1.54) is 38.2 Å². The SMILES string of the molecule is CCc1cc(N(c2ccc(C#N)cc2)c2cccc3c2oc2ccccc23)c2cc3c4c(cc(N(c5ccc(C#N)cc5)c5cccc6c5oc5ccccc56)c5ccc1c2c54)CCC3(C)C. The molecule has 2 aromatic heterocycles. The number of para-hydroxylation sites is 4. The molecule has 0 atom stereocenters. The van der Waals surface area contributed by atoms with Crippen LogP contribution in [0.3, 0.4) is 0 Å². The standard InChI is InChI=1S/C61H42N4O2/c1-4-38-31-53(65(41-25-21-37(35-63)22-26-41)51-16-10-14-46-44-12-6-8-18-55(44)67-60(46)51)48-33-49-56-39(29-30-61(49,2)3)32-52(47-28-27-42(38)57(48)58(47)56)64(40-23-19-36(34-62)20-24-40)50-15-9-13-45-43-11-5-7-17-54(43)66-59(45)50/h5-28,31-33H,4,29-30H2,1-3H3. The molecule has 0 spiro atoms. The molecule has 0 fully saturated rings. The molecule has 318 valence electrons. The van der Waals surface area contributed by atoms with Gasteiger partial charge in [-0.3, -0.25) is 0 Å². The summed E-state index contributed by atoms with van der Waals surface area (Å²) in [6, 6.07) is 61.8. The molecule has 6 nitrogen and oxygen atoms in total. The normalized spacial score (nSPS) is 13.3. The Morgan fingerprint density at radius 2 is 1.01 bits per heavy atom. The fourth-order valence-electron chi connectivity index (χ4n) is 11.2. The number of benzene rings is 10. The molecule has 0 bridgehead atoms. The first kappa shape index (κ1) is 38.8. The lowest BCUT2D eigenvalue weighted by atomic mass is 9.70. The van der Waals surface area contributed by atoms with Crippen molar-refractivity contribution in [1.82, 2.24) is 0 Å². The van der Waals surface area contributed by atoms with Crippen LogP contribution in [0, 0.1) is 22.7 Å². The van der Waals surface area contributed by atoms with Crippen LogP contribution in [0.2, 0.25) is 0 Å². The summed E-state index contributed by atoms with van der Waals surface area (Å²) < 4.78 is 13.6. The molecular formula is C61H42N4O2. The van der Waals surface area contributed by atoms with E-state index in [4.69, 9.17) is 8.83 Å². The van der Waals surface area contributed by atoms with Crippen molar-refractivity contribution in [2.75, 3.05) is 9.80 Å². The van der Waals surface area contributed by atoms with E-state index < -0.39 is 0 Å². The Bertz CT molecular complexity index is 4090. The van der Waals surface area contributed by atoms with E-state index in [0.717, 1.165) is 108 Å². The molecular weight excluding hydrogens is 821 g/mol. The highest BCUT2D eigenvalue weighted by atomic mass is 16.3. The van der Waals surface area contributed by atoms with Crippen LogP contribution in [-0.2, 0) is 18.3 Å². The summed E-state index contributed by atoms with van der Waals surface area (Å²) >= 11 is 0. The van der Waals surface area contributed by atoms with Crippen molar-refractivity contribution in [3.8, 4) is 12.1 Å². The van der Waals surface area contributed by atoms with E-state index in [9.17, 15) is 10.5 Å². The summed E-state index contributed by atoms with van der Waals surface area (Å²) in [5.74, 6) is 0. The van der Waals surface area contributed by atoms with Crippen molar-refractivity contribution in [1.29, 1.82) is 10.5 Å². The maximum absolute atomic E-state index is 9.94. The molecule has 0 aliphatic heterocycles. The molecule has 0 N–H and O–H groups in total. The number of hydrogen-bond donors (Lipinski definition) is 0. The Morgan fingerprint density at radius 3 is 1.57 bits per heavy atom. The first-order valence-electron chi connectivity index (χ1n) is 23.1. The first-order valence-corrected chi connectivity index (χ1v) is 23.1. The number of furan rings is 2. The first-order chi connectivity index (χ1) is 32.8. The minimum Gasteiger partial charge on any atom is -0.454 e. The van der Waals surface area contributed by atoms with Gasteiger partial charge < -0.3 is 18.6 Å². The molecule has 12 aromatic rings. The maximum Gasteiger partial charge on any atom is 0.159 e. The lowest BCUT2D eigenvalue weighted by Crippen LogP contribution is -2.24. The number of aryl methyl sites for hydroxylation is 2. The van der Waals surface area contributed by atoms with Gasteiger partial charge in [0, 0.05) is 49.1 Å². The zero-order valence-corrected chi connectivity index (χ0v) is 37.3. The molecule has 0 unspecified atom stereocenters. The highest BCUT2D eigenvalue weighted by molar-refractivity contribution is 6.31. The van der Waals surface area contributed by atoms with Crippen molar-refractivity contribution in [3.05, 3.63) is 192 Å². The summed E-state index contributed by atoms with van der Waals surface area (Å²) in [6.07, 6.45) is 2.73. The Labute approximate surface area is 387 Å². The minimum absolute atomic E-state index is 0.118. The zero-order valence-electron chi connectivity index (χ0n) is 37.3. The van der Waals surface area contributed by atoms with Crippen LogP contribution in [0.25, 0.3) is 76.2 Å². The van der Waals surface area contributed by atoms with Crippen molar-refractivity contribution in [2.24, 2.45) is 0 Å². The van der Waals surface area contributed by atoms with Crippen LogP contribution in [-0.4, -0.2) is 0 Å². The fourth-order valence-corrected chi connectivity index (χ4v) is 11.2. The number of nitriles is 2. The number of fused-ring (bicyclic) bond motifs is 6. The molecule has 0 saturated heterocycles. The van der Waals surface area contributed by atoms with Crippen molar-refractivity contribution in [2.45, 2.75) is 45.4 Å². The van der Waals surface area contributed by atoms with Gasteiger partial charge in [0.1, 0.15) is 11.2 Å². The van der Waals surface area contributed by atoms with Crippen LogP contribution < -0.4 is 9.80 Å². The molecule has 13 rings (SSSR count). The van der Waals surface area contributed by atoms with Gasteiger partial charge in [0.2, 0.25) is 0 Å². The summed E-state index contributed by atoms with van der Waals surface area (Å²) in [7, 11) is 0. The van der Waals surface area contributed by atoms with Crippen molar-refractivity contribution < 1.29 is 8.83 Å². The highest BCUT2D eigenvalue weighted by Gasteiger charge is 2.34. The lowest BCUT2D eigenvalue weighted by Gasteiger charge is -2.37. The van der Waals surface area contributed by atoms with E-state index in [1.807, 2.05) is 48.5 Å². The van der Waals surface area contributed by atoms with Crippen molar-refractivity contribution in [3.63, 3.8) is 0 Å². The number of anilines is 6. The third-order valence-corrected chi connectivity index (χ3v) is 14.5. The maximum atomic E-state index is 9.94. The van der Waals surface area contributed by atoms with Gasteiger partial charge in [-0.05, 0) is 149 Å². The van der Waals surface area contributed by atoms with E-state index in [0.29, 0.717) is 11.1 Å². The monoisotopic (exact) mass is 862 g/mol. The number of rotatable bonds is 7. The third kappa shape index (κ3) is 5.67. The fraction of sp³-hybridized carbons (Fsp3) is 0.115. The van der Waals surface area contributed by atoms with Gasteiger partial charge >= 0.3 is 0 Å². The molecule has 1 aliphatic rings. The topological polar surface area (TPSA) is 80.3 Å². The molecule has 67 heavy (non-hydrogen) atoms. The highest BCUT2D eigenvalue weighted by Crippen LogP contribution is 2.55. The van der Waals surface area contributed by atoms with Gasteiger partial charge in [-0.1, -0.05) is 93.6 Å². The van der Waals surface area contributed by atoms with Gasteiger partial charge in [0.15, 0.2) is 11.2 Å². The Balaban J connectivity index is 1.17. The predicted molar refractivity (Wildman–Crippen MR) is 274 cm³/mol. The van der Waals surface area contributed by atoms with Gasteiger partial charge in [-0.15, -0.1) is 0 Å². The number of nitrogens with zero attached hydrogens (tertiary/aromatic N) is 4. The number of hydrogen-bond acceptors (Lipinski definition) is 6. The van der Waals surface area contributed by atoms with Crippen LogP contribution in [0.4, 0.5) is 34.1 Å². The Hall–Kier alpha value is -8.58. The Kier molecular flexibility index (Phi) is 8.38. The largest absolute Gasteiger partial charge is 0.454 e. The average Bonchev–Trinajstić information content (AvgIpc) is 3.95. The van der Waals surface area contributed by atoms with Gasteiger partial charge in [-0.2, -0.15) is 10.5 Å². The molecule has 6 heteroatoms. The molecule has 1 aliphatic carbocycles. The molecule has 0 amide bonds. The summed E-state index contributed by atoms with van der Waals surface area (Å²) in [5, 5.41) is 31.4. The molecule has 0 radical (unpaired) electrons. The van der Waals surface area contributed by atoms with E-state index in [-0.39, 0.29) is 5.41 Å². The summed E-state index contributed by atoms with van der Waals surface area (Å²) in [4.78, 5) is 4.70.